The standard InChI is InChI=1S/C38H32Cl2N2O6/c39-16-25-18-41(31-14-33(44)27-5-1-3-7-29(27)37(25)31)35(46)12-22-9-23(11-24(10-22)20-48-21-43)13-36(47)42-19-26(17-40)38-30-8-4-2-6-28(30)34(45)15-32(38)42/h1-11,14-15,21,25-26,44-45H,12-13,16-20H2/t25-,26-/m1/s1. The number of hydrogen-bond acceptors (Lipinski definition) is 6. The van der Waals surface area contributed by atoms with Gasteiger partial charge in [-0.1, -0.05) is 66.7 Å². The van der Waals surface area contributed by atoms with Crippen molar-refractivity contribution in [2.24, 2.45) is 0 Å². The molecule has 0 saturated heterocycles. The highest BCUT2D eigenvalue weighted by molar-refractivity contribution is 6.19. The van der Waals surface area contributed by atoms with Gasteiger partial charge >= 0.3 is 0 Å². The van der Waals surface area contributed by atoms with E-state index in [2.05, 4.69) is 0 Å². The third-order valence-corrected chi connectivity index (χ3v) is 10.1. The lowest BCUT2D eigenvalue weighted by Crippen LogP contribution is -2.32. The Bertz CT molecular complexity index is 1960. The minimum Gasteiger partial charge on any atom is -0.507 e. The lowest BCUT2D eigenvalue weighted by molar-refractivity contribution is -0.129. The highest BCUT2D eigenvalue weighted by Crippen LogP contribution is 2.46. The second-order valence-corrected chi connectivity index (χ2v) is 13.0. The van der Waals surface area contributed by atoms with Crippen LogP contribution in [-0.4, -0.2) is 53.3 Å². The van der Waals surface area contributed by atoms with Gasteiger partial charge in [0.1, 0.15) is 18.1 Å². The van der Waals surface area contributed by atoms with Gasteiger partial charge < -0.3 is 24.7 Å². The number of phenolic OH excluding ortho intramolecular Hbond substituents is 2. The van der Waals surface area contributed by atoms with Gasteiger partial charge in [0, 0.05) is 59.6 Å². The molecule has 0 radical (unpaired) electrons. The maximum atomic E-state index is 13.9. The summed E-state index contributed by atoms with van der Waals surface area (Å²) in [6.45, 7) is 1.09. The molecule has 0 unspecified atom stereocenters. The number of carbonyl (C=O) groups excluding carboxylic acids is 3. The van der Waals surface area contributed by atoms with Crippen LogP contribution in [0.15, 0.2) is 78.9 Å². The van der Waals surface area contributed by atoms with Crippen molar-refractivity contribution >= 4 is 74.4 Å². The second kappa shape index (κ2) is 13.0. The number of ether oxygens (including phenoxy) is 1. The van der Waals surface area contributed by atoms with E-state index >= 15 is 0 Å². The van der Waals surface area contributed by atoms with Gasteiger partial charge in [-0.3, -0.25) is 14.4 Å². The van der Waals surface area contributed by atoms with Gasteiger partial charge in [0.15, 0.2) is 0 Å². The summed E-state index contributed by atoms with van der Waals surface area (Å²) < 4.78 is 5.04. The van der Waals surface area contributed by atoms with Gasteiger partial charge in [0.05, 0.1) is 24.2 Å². The number of anilines is 2. The molecule has 0 spiro atoms. The molecule has 2 aliphatic rings. The van der Waals surface area contributed by atoms with Gasteiger partial charge in [0.25, 0.3) is 6.47 Å². The molecular weight excluding hydrogens is 651 g/mol. The molecule has 0 saturated carbocycles. The highest BCUT2D eigenvalue weighted by Gasteiger charge is 2.36. The minimum atomic E-state index is -0.190. The maximum absolute atomic E-state index is 13.9. The first-order valence-electron chi connectivity index (χ1n) is 15.7. The minimum absolute atomic E-state index is 0.0128. The summed E-state index contributed by atoms with van der Waals surface area (Å²) in [6, 6.07) is 23.7. The van der Waals surface area contributed by atoms with Crippen LogP contribution in [0.1, 0.15) is 39.7 Å². The van der Waals surface area contributed by atoms with E-state index in [9.17, 15) is 24.6 Å². The fourth-order valence-electron chi connectivity index (χ4n) is 7.37. The van der Waals surface area contributed by atoms with Crippen LogP contribution >= 0.6 is 23.2 Å². The van der Waals surface area contributed by atoms with E-state index in [-0.39, 0.29) is 54.6 Å². The SMILES string of the molecule is O=COCc1cc(CC(=O)N2C[C@@H](CCl)c3c2cc(O)c2ccccc32)cc(CC(=O)N2C[C@@H](CCl)c3c2cc(O)c2ccccc32)c1. The predicted molar refractivity (Wildman–Crippen MR) is 188 cm³/mol. The number of benzene rings is 5. The number of aromatic hydroxyl groups is 2. The Hall–Kier alpha value is -4.79. The van der Waals surface area contributed by atoms with E-state index in [1.807, 2.05) is 54.6 Å². The highest BCUT2D eigenvalue weighted by atomic mass is 35.5. The Balaban J connectivity index is 1.18. The largest absolute Gasteiger partial charge is 0.507 e. The molecule has 2 atom stereocenters. The van der Waals surface area contributed by atoms with E-state index in [1.165, 1.54) is 0 Å². The Morgan fingerprint density at radius 1 is 0.688 bits per heavy atom. The van der Waals surface area contributed by atoms with Crippen LogP contribution in [0.25, 0.3) is 21.5 Å². The Kier molecular flexibility index (Phi) is 8.62. The van der Waals surface area contributed by atoms with Crippen molar-refractivity contribution in [2.75, 3.05) is 34.6 Å². The Labute approximate surface area is 287 Å². The summed E-state index contributed by atoms with van der Waals surface area (Å²) >= 11 is 12.8. The summed E-state index contributed by atoms with van der Waals surface area (Å²) in [4.78, 5) is 42.2. The van der Waals surface area contributed by atoms with Crippen LogP contribution in [0.3, 0.4) is 0 Å². The first-order valence-corrected chi connectivity index (χ1v) is 16.8. The number of alkyl halides is 2. The molecule has 48 heavy (non-hydrogen) atoms. The zero-order valence-corrected chi connectivity index (χ0v) is 27.4. The molecule has 2 N–H and O–H groups in total. The molecule has 5 aromatic carbocycles. The summed E-state index contributed by atoms with van der Waals surface area (Å²) in [5.74, 6) is 0.221. The molecule has 0 aliphatic carbocycles. The van der Waals surface area contributed by atoms with Gasteiger partial charge in [-0.2, -0.15) is 0 Å². The smallest absolute Gasteiger partial charge is 0.293 e. The van der Waals surface area contributed by atoms with Crippen molar-refractivity contribution in [1.82, 2.24) is 0 Å². The fraction of sp³-hybridized carbons (Fsp3) is 0.237. The normalized spacial score (nSPS) is 16.7. The van der Waals surface area contributed by atoms with Crippen LogP contribution < -0.4 is 9.80 Å². The number of phenols is 2. The molecule has 8 nitrogen and oxygen atoms in total. The van der Waals surface area contributed by atoms with Crippen molar-refractivity contribution in [3.05, 3.63) is 107 Å². The fourth-order valence-corrected chi connectivity index (χ4v) is 7.88. The average Bonchev–Trinajstić information content (AvgIpc) is 3.66. The van der Waals surface area contributed by atoms with Crippen LogP contribution in [0, 0.1) is 0 Å². The number of nitrogens with zero attached hydrogens (tertiary/aromatic N) is 2. The topological polar surface area (TPSA) is 107 Å². The van der Waals surface area contributed by atoms with Gasteiger partial charge in [-0.05, 0) is 38.6 Å². The monoisotopic (exact) mass is 682 g/mol. The van der Waals surface area contributed by atoms with Crippen LogP contribution in [0.4, 0.5) is 11.4 Å². The summed E-state index contributed by atoms with van der Waals surface area (Å²) in [6.07, 6.45) is 0.0256. The molecule has 2 heterocycles. The number of hydrogen-bond donors (Lipinski definition) is 2. The number of halogens is 2. The zero-order valence-electron chi connectivity index (χ0n) is 25.9. The van der Waals surface area contributed by atoms with E-state index in [1.54, 1.807) is 34.1 Å². The van der Waals surface area contributed by atoms with E-state index in [0.29, 0.717) is 70.2 Å². The molecular formula is C38H32Cl2N2O6. The van der Waals surface area contributed by atoms with Crippen LogP contribution in [0.5, 0.6) is 11.5 Å². The molecule has 5 aromatic rings. The maximum Gasteiger partial charge on any atom is 0.293 e. The van der Waals surface area contributed by atoms with Crippen molar-refractivity contribution in [2.45, 2.75) is 31.3 Å². The molecule has 7 rings (SSSR count). The number of fused-ring (bicyclic) bond motifs is 6. The van der Waals surface area contributed by atoms with Crippen molar-refractivity contribution in [1.29, 1.82) is 0 Å². The van der Waals surface area contributed by atoms with Crippen LogP contribution in [0.2, 0.25) is 0 Å². The number of rotatable bonds is 9. The molecule has 0 fully saturated rings. The van der Waals surface area contributed by atoms with Crippen LogP contribution in [-0.2, 0) is 38.6 Å². The zero-order chi connectivity index (χ0) is 33.5. The quantitative estimate of drug-likeness (QED) is 0.129. The summed E-state index contributed by atoms with van der Waals surface area (Å²) in [5.41, 5.74) is 5.09. The van der Waals surface area contributed by atoms with Crippen molar-refractivity contribution < 1.29 is 29.3 Å². The number of amides is 2. The Morgan fingerprint density at radius 3 is 1.52 bits per heavy atom. The van der Waals surface area contributed by atoms with Crippen molar-refractivity contribution in [3.8, 4) is 11.5 Å². The summed E-state index contributed by atoms with van der Waals surface area (Å²) in [5, 5.41) is 24.7. The van der Waals surface area contributed by atoms with Gasteiger partial charge in [-0.15, -0.1) is 23.2 Å². The van der Waals surface area contributed by atoms with E-state index in [4.69, 9.17) is 27.9 Å². The molecule has 0 bridgehead atoms. The molecule has 0 aromatic heterocycles. The van der Waals surface area contributed by atoms with Gasteiger partial charge in [0.2, 0.25) is 11.8 Å². The third-order valence-electron chi connectivity index (χ3n) is 9.40. The molecule has 2 aliphatic heterocycles. The van der Waals surface area contributed by atoms with E-state index in [0.717, 1.165) is 21.9 Å². The predicted octanol–water partition coefficient (Wildman–Crippen LogP) is 6.90. The lowest BCUT2D eigenvalue weighted by atomic mass is 9.95. The third kappa shape index (κ3) is 5.59. The first-order chi connectivity index (χ1) is 23.3. The molecule has 244 valence electrons. The molecule has 10 heteroatoms. The average molecular weight is 684 g/mol. The van der Waals surface area contributed by atoms with E-state index < -0.39 is 0 Å². The first kappa shape index (κ1) is 31.8. The second-order valence-electron chi connectivity index (χ2n) is 12.4. The molecule has 2 amide bonds. The Morgan fingerprint density at radius 2 is 1.10 bits per heavy atom. The summed E-state index contributed by atoms with van der Waals surface area (Å²) in [7, 11) is 0. The number of carbonyl (C=O) groups is 3. The van der Waals surface area contributed by atoms with Crippen molar-refractivity contribution in [3.63, 3.8) is 0 Å². The lowest BCUT2D eigenvalue weighted by Gasteiger charge is -2.20. The van der Waals surface area contributed by atoms with Gasteiger partial charge in [-0.25, -0.2) is 0 Å².